The van der Waals surface area contributed by atoms with Crippen LogP contribution >= 0.6 is 27.3 Å². The molecule has 5 heteroatoms. The molecule has 1 aliphatic carbocycles. The average molecular weight is 261 g/mol. The Balaban J connectivity index is 1.79. The minimum Gasteiger partial charge on any atom is -0.388 e. The van der Waals surface area contributed by atoms with E-state index in [-0.39, 0.29) is 0 Å². The number of hydrogen-bond acceptors (Lipinski definition) is 4. The summed E-state index contributed by atoms with van der Waals surface area (Å²) in [5, 5.41) is 4.96. The first-order valence-electron chi connectivity index (χ1n) is 4.12. The summed E-state index contributed by atoms with van der Waals surface area (Å²) in [4.78, 5) is 9.29. The lowest BCUT2D eigenvalue weighted by atomic mass is 9.98. The summed E-state index contributed by atoms with van der Waals surface area (Å²) in [5.41, 5.74) is 1.18. The number of hydrogen-bond donors (Lipinski definition) is 0. The lowest BCUT2D eigenvalue weighted by Gasteiger charge is -2.12. The van der Waals surface area contributed by atoms with Crippen LogP contribution in [0.1, 0.15) is 24.3 Å². The van der Waals surface area contributed by atoms with Crippen molar-refractivity contribution in [2.24, 2.45) is 5.16 Å². The van der Waals surface area contributed by atoms with E-state index in [0.29, 0.717) is 6.61 Å². The van der Waals surface area contributed by atoms with Crippen molar-refractivity contribution in [3.05, 3.63) is 15.0 Å². The van der Waals surface area contributed by atoms with Crippen LogP contribution in [-0.2, 0) is 11.4 Å². The second-order valence-electron chi connectivity index (χ2n) is 2.84. The molecular formula is C8H9BrN2OS. The maximum Gasteiger partial charge on any atom is 0.168 e. The highest BCUT2D eigenvalue weighted by Crippen LogP contribution is 2.20. The maximum absolute atomic E-state index is 5.15. The Morgan fingerprint density at radius 1 is 1.62 bits per heavy atom. The van der Waals surface area contributed by atoms with Crippen LogP contribution < -0.4 is 0 Å². The summed E-state index contributed by atoms with van der Waals surface area (Å²) in [6.07, 6.45) is 5.23. The van der Waals surface area contributed by atoms with E-state index in [1.807, 2.05) is 0 Å². The van der Waals surface area contributed by atoms with Crippen LogP contribution in [0.15, 0.2) is 15.1 Å². The van der Waals surface area contributed by atoms with E-state index in [1.54, 1.807) is 17.5 Å². The summed E-state index contributed by atoms with van der Waals surface area (Å²) in [7, 11) is 0. The van der Waals surface area contributed by atoms with Gasteiger partial charge in [0.1, 0.15) is 5.01 Å². The monoisotopic (exact) mass is 260 g/mol. The van der Waals surface area contributed by atoms with Crippen molar-refractivity contribution in [2.45, 2.75) is 25.9 Å². The second-order valence-corrected chi connectivity index (χ2v) is 5.34. The zero-order chi connectivity index (χ0) is 9.10. The van der Waals surface area contributed by atoms with Crippen LogP contribution in [0.2, 0.25) is 0 Å². The van der Waals surface area contributed by atoms with Crippen molar-refractivity contribution < 1.29 is 4.84 Å². The van der Waals surface area contributed by atoms with Gasteiger partial charge in [0.15, 0.2) is 6.61 Å². The molecule has 0 amide bonds. The minimum absolute atomic E-state index is 0.486. The van der Waals surface area contributed by atoms with Crippen LogP contribution in [-0.4, -0.2) is 10.7 Å². The molecule has 0 unspecified atom stereocenters. The molecule has 0 saturated heterocycles. The van der Waals surface area contributed by atoms with Crippen LogP contribution in [0.3, 0.4) is 0 Å². The summed E-state index contributed by atoms with van der Waals surface area (Å²) in [6, 6.07) is 0. The third kappa shape index (κ3) is 2.51. The highest BCUT2D eigenvalue weighted by atomic mass is 79.9. The predicted molar refractivity (Wildman–Crippen MR) is 55.9 cm³/mol. The Morgan fingerprint density at radius 2 is 2.46 bits per heavy atom. The molecule has 3 nitrogen and oxygen atoms in total. The number of thiazole rings is 1. The van der Waals surface area contributed by atoms with Gasteiger partial charge in [0.2, 0.25) is 0 Å². The van der Waals surface area contributed by atoms with Gasteiger partial charge in [0.05, 0.1) is 15.7 Å². The van der Waals surface area contributed by atoms with Gasteiger partial charge >= 0.3 is 0 Å². The Morgan fingerprint density at radius 3 is 3.00 bits per heavy atom. The van der Waals surface area contributed by atoms with Crippen LogP contribution in [0.25, 0.3) is 0 Å². The fraction of sp³-hybridized carbons (Fsp3) is 0.500. The zero-order valence-corrected chi connectivity index (χ0v) is 9.40. The molecule has 1 aromatic heterocycles. The van der Waals surface area contributed by atoms with Crippen molar-refractivity contribution in [1.29, 1.82) is 0 Å². The molecule has 0 N–H and O–H groups in total. The summed E-state index contributed by atoms with van der Waals surface area (Å²) >= 11 is 4.92. The normalized spacial score (nSPS) is 15.3. The van der Waals surface area contributed by atoms with Gasteiger partial charge in [-0.3, -0.25) is 0 Å². The molecular weight excluding hydrogens is 252 g/mol. The van der Waals surface area contributed by atoms with E-state index in [9.17, 15) is 0 Å². The molecule has 1 aliphatic rings. The van der Waals surface area contributed by atoms with Crippen LogP contribution in [0.4, 0.5) is 0 Å². The standard InChI is InChI=1S/C8H9BrN2OS/c9-7-4-10-8(13-7)5-12-11-6-2-1-3-6/h4H,1-3,5H2. The molecule has 0 spiro atoms. The van der Waals surface area contributed by atoms with Gasteiger partial charge < -0.3 is 4.84 Å². The van der Waals surface area contributed by atoms with Crippen LogP contribution in [0, 0.1) is 0 Å². The number of nitrogens with zero attached hydrogens (tertiary/aromatic N) is 2. The molecule has 1 fully saturated rings. The number of rotatable bonds is 3. The second kappa shape index (κ2) is 4.19. The molecule has 0 aromatic carbocycles. The first kappa shape index (κ1) is 9.15. The van der Waals surface area contributed by atoms with Crippen molar-refractivity contribution in [2.75, 3.05) is 0 Å². The Kier molecular flexibility index (Phi) is 2.95. The first-order valence-corrected chi connectivity index (χ1v) is 5.73. The maximum atomic E-state index is 5.15. The number of halogens is 1. The van der Waals surface area contributed by atoms with Gasteiger partial charge in [0.25, 0.3) is 0 Å². The van der Waals surface area contributed by atoms with Crippen LogP contribution in [0.5, 0.6) is 0 Å². The SMILES string of the molecule is Brc1cnc(CON=C2CCC2)s1. The van der Waals surface area contributed by atoms with Gasteiger partial charge in [0, 0.05) is 0 Å². The van der Waals surface area contributed by atoms with Crippen molar-refractivity contribution in [3.63, 3.8) is 0 Å². The smallest absolute Gasteiger partial charge is 0.168 e. The zero-order valence-electron chi connectivity index (χ0n) is 6.99. The van der Waals surface area contributed by atoms with E-state index < -0.39 is 0 Å². The van der Waals surface area contributed by atoms with Gasteiger partial charge in [-0.05, 0) is 35.2 Å². The molecule has 0 bridgehead atoms. The average Bonchev–Trinajstić information content (AvgIpc) is 2.42. The highest BCUT2D eigenvalue weighted by Gasteiger charge is 2.10. The Hall–Kier alpha value is -0.420. The quantitative estimate of drug-likeness (QED) is 0.784. The summed E-state index contributed by atoms with van der Waals surface area (Å²) < 4.78 is 1.03. The Bertz CT molecular complexity index is 318. The summed E-state index contributed by atoms with van der Waals surface area (Å²) in [5.74, 6) is 0. The highest BCUT2D eigenvalue weighted by molar-refractivity contribution is 9.11. The molecule has 13 heavy (non-hydrogen) atoms. The molecule has 0 radical (unpaired) electrons. The van der Waals surface area contributed by atoms with Gasteiger partial charge in [-0.2, -0.15) is 0 Å². The third-order valence-electron chi connectivity index (χ3n) is 1.84. The van der Waals surface area contributed by atoms with E-state index in [1.165, 1.54) is 12.1 Å². The summed E-state index contributed by atoms with van der Waals surface area (Å²) in [6.45, 7) is 0.486. The van der Waals surface area contributed by atoms with Gasteiger partial charge in [-0.15, -0.1) is 11.3 Å². The Labute approximate surface area is 88.9 Å². The first-order chi connectivity index (χ1) is 6.34. The molecule has 1 heterocycles. The van der Waals surface area contributed by atoms with Crippen molar-refractivity contribution >= 4 is 33.0 Å². The van der Waals surface area contributed by atoms with E-state index in [4.69, 9.17) is 4.84 Å². The largest absolute Gasteiger partial charge is 0.388 e. The molecule has 1 aromatic rings. The van der Waals surface area contributed by atoms with E-state index in [0.717, 1.165) is 21.6 Å². The molecule has 0 aliphatic heterocycles. The van der Waals surface area contributed by atoms with E-state index >= 15 is 0 Å². The fourth-order valence-corrected chi connectivity index (χ4v) is 2.17. The fourth-order valence-electron chi connectivity index (χ4n) is 0.960. The predicted octanol–water partition coefficient (Wildman–Crippen LogP) is 2.96. The minimum atomic E-state index is 0.486. The third-order valence-corrected chi connectivity index (χ3v) is 3.29. The topological polar surface area (TPSA) is 34.5 Å². The molecule has 70 valence electrons. The van der Waals surface area contributed by atoms with Gasteiger partial charge in [-0.1, -0.05) is 5.16 Å². The lowest BCUT2D eigenvalue weighted by Crippen LogP contribution is -2.09. The van der Waals surface area contributed by atoms with E-state index in [2.05, 4.69) is 26.1 Å². The van der Waals surface area contributed by atoms with Crippen molar-refractivity contribution in [1.82, 2.24) is 4.98 Å². The molecule has 2 rings (SSSR count). The molecule has 1 saturated carbocycles. The number of oxime groups is 1. The molecule has 0 atom stereocenters. The van der Waals surface area contributed by atoms with Crippen molar-refractivity contribution in [3.8, 4) is 0 Å². The van der Waals surface area contributed by atoms with Gasteiger partial charge in [-0.25, -0.2) is 4.98 Å². The lowest BCUT2D eigenvalue weighted by molar-refractivity contribution is 0.127. The number of aromatic nitrogens is 1.